The number of aromatic nitrogens is 1. The molecule has 0 aliphatic heterocycles. The molecule has 13 nitrogen and oxygen atoms in total. The predicted octanol–water partition coefficient (Wildman–Crippen LogP) is 15.0. The van der Waals surface area contributed by atoms with Crippen molar-refractivity contribution in [3.8, 4) is 80.4 Å². The van der Waals surface area contributed by atoms with Gasteiger partial charge in [0.25, 0.3) is 0 Å². The van der Waals surface area contributed by atoms with Crippen LogP contribution < -0.4 is 5.73 Å². The van der Waals surface area contributed by atoms with Gasteiger partial charge in [0.1, 0.15) is 17.3 Å². The van der Waals surface area contributed by atoms with Crippen molar-refractivity contribution < 1.29 is 39.9 Å². The number of phenolic OH excluding ortho intramolecular Hbond substituents is 2. The summed E-state index contributed by atoms with van der Waals surface area (Å²) >= 11 is 6.30. The highest BCUT2D eigenvalue weighted by Gasteiger charge is 2.27. The average molecular weight is 1400 g/mol. The van der Waals surface area contributed by atoms with Crippen molar-refractivity contribution in [2.45, 2.75) is 118 Å². The minimum Gasteiger partial charge on any atom is -0.507 e. The number of nitrogens with zero attached hydrogens (tertiary/aromatic N) is 4. The lowest BCUT2D eigenvalue weighted by molar-refractivity contribution is 0.0874. The Kier molecular flexibility index (Phi) is 26.7. The topological polar surface area (TPSA) is 201 Å². The Bertz CT molecular complexity index is 4500. The SMILES string of the molecule is CCN(CC)CC(O)CCC(=O)c1ccc(C#Cc2c(N)ncc3c2-c2ccccc2C3)cc1.CCN(CC)CC(O)CCC(=O)c1ccc(C#Cc2c(O)c(Cl)cc3c2-c2ccccc2C3)cc1.CCN(CC)CC(O)CCC(=O)c1ccc(C#Cc2c(O)ccc3c2-c2ccccc2C3)cc1. The van der Waals surface area contributed by atoms with E-state index < -0.39 is 18.3 Å². The molecule has 3 unspecified atom stereocenters. The second-order valence-electron chi connectivity index (χ2n) is 26.3. The molecule has 9 aromatic rings. The molecule has 0 fully saturated rings. The maximum absolute atomic E-state index is 12.6. The van der Waals surface area contributed by atoms with E-state index in [4.69, 9.17) is 17.3 Å². The molecule has 3 aliphatic carbocycles. The van der Waals surface area contributed by atoms with E-state index in [1.165, 1.54) is 27.8 Å². The molecule has 0 amide bonds. The zero-order valence-electron chi connectivity index (χ0n) is 59.8. The number of likely N-dealkylation sites (N-methyl/N-ethyl adjacent to an activating group) is 3. The van der Waals surface area contributed by atoms with Crippen LogP contribution in [0.25, 0.3) is 33.4 Å². The molecule has 0 spiro atoms. The summed E-state index contributed by atoms with van der Waals surface area (Å²) in [6.07, 6.45) is 5.09. The zero-order chi connectivity index (χ0) is 73.1. The van der Waals surface area contributed by atoms with Gasteiger partial charge in [0.05, 0.1) is 40.0 Å². The summed E-state index contributed by atoms with van der Waals surface area (Å²) in [5, 5.41) is 52.1. The lowest BCUT2D eigenvalue weighted by Gasteiger charge is -2.21. The van der Waals surface area contributed by atoms with Crippen LogP contribution in [0.1, 0.15) is 178 Å². The lowest BCUT2D eigenvalue weighted by Crippen LogP contribution is -2.32. The van der Waals surface area contributed by atoms with Crippen LogP contribution in [-0.4, -0.2) is 140 Å². The molecule has 1 aromatic heterocycles. The van der Waals surface area contributed by atoms with Gasteiger partial charge in [0.2, 0.25) is 0 Å². The number of pyridine rings is 1. The highest BCUT2D eigenvalue weighted by atomic mass is 35.5. The van der Waals surface area contributed by atoms with Gasteiger partial charge in [0.15, 0.2) is 17.3 Å². The second kappa shape index (κ2) is 36.3. The molecule has 7 N–H and O–H groups in total. The van der Waals surface area contributed by atoms with E-state index in [1.54, 1.807) is 42.5 Å². The van der Waals surface area contributed by atoms with Crippen molar-refractivity contribution in [1.82, 2.24) is 19.7 Å². The number of ketones is 3. The molecule has 1 heterocycles. The number of hydrogen-bond donors (Lipinski definition) is 6. The monoisotopic (exact) mass is 1390 g/mol. The number of halogens is 1. The number of aromatic hydroxyl groups is 2. The van der Waals surface area contributed by atoms with Gasteiger partial charge in [-0.25, -0.2) is 4.98 Å². The Labute approximate surface area is 612 Å². The molecule has 0 saturated carbocycles. The first-order chi connectivity index (χ1) is 49.9. The Morgan fingerprint density at radius 1 is 0.427 bits per heavy atom. The number of Topliss-reactive ketones (excluding diaryl/α,β-unsaturated/α-hetero) is 3. The number of anilines is 1. The first-order valence-electron chi connectivity index (χ1n) is 36.0. The van der Waals surface area contributed by atoms with Crippen molar-refractivity contribution in [3.05, 3.63) is 258 Å². The first kappa shape index (κ1) is 75.7. The minimum atomic E-state index is -0.513. The van der Waals surface area contributed by atoms with Crippen LogP contribution in [-0.2, 0) is 19.3 Å². The smallest absolute Gasteiger partial charge is 0.162 e. The van der Waals surface area contributed by atoms with Crippen molar-refractivity contribution in [2.75, 3.05) is 64.6 Å². The largest absolute Gasteiger partial charge is 0.507 e. The summed E-state index contributed by atoms with van der Waals surface area (Å²) in [7, 11) is 0. The summed E-state index contributed by atoms with van der Waals surface area (Å²) in [5.74, 6) is 19.6. The number of carbonyl (C=O) groups excluding carboxylic acids is 3. The fourth-order valence-corrected chi connectivity index (χ4v) is 13.8. The Morgan fingerprint density at radius 3 is 1.17 bits per heavy atom. The summed E-state index contributed by atoms with van der Waals surface area (Å²) < 4.78 is 0. The van der Waals surface area contributed by atoms with Crippen molar-refractivity contribution in [2.24, 2.45) is 0 Å². The number of hydrogen-bond acceptors (Lipinski definition) is 13. The average Bonchev–Trinajstić information content (AvgIpc) is 1.64. The Hall–Kier alpha value is -9.95. The predicted molar refractivity (Wildman–Crippen MR) is 414 cm³/mol. The molecule has 14 heteroatoms. The molecule has 528 valence electrons. The first-order valence-corrected chi connectivity index (χ1v) is 36.4. The minimum absolute atomic E-state index is 0.00465. The normalized spacial score (nSPS) is 12.6. The molecule has 0 radical (unpaired) electrons. The standard InChI is InChI=1S/C30H30ClNO3.C30H31NO3.C29H31N3O2/c1-3-32(4-2)19-24(33)14-16-28(34)21-12-9-20(10-13-21)11-15-26-29-23(18-27(31)30(26)35)17-22-7-5-6-8-25(22)29;1-3-31(4-2)20-25(32)15-18-28(33)22-12-9-21(10-13-22)11-16-27-29(34)17-14-24-19-23-7-5-6-8-26(23)30(24)27;1-3-32(4-2)19-24(33)14-16-27(34)21-12-9-20(10-13-21)11-15-26-28-23(18-31-29(26)30)17-22-7-5-6-8-25(22)28/h5-10,12-13,18,24,33,35H,3-4,14,16-17,19H2,1-2H3;5-10,12-14,17,25,32,34H,3-4,15,18-20H2,1-2H3;5-10,12-13,18,24,33H,3-4,14,16-17,19H2,1-2H3,(H2,30,31). The highest BCUT2D eigenvalue weighted by Crippen LogP contribution is 2.46. The van der Waals surface area contributed by atoms with E-state index in [1.807, 2.05) is 97.2 Å². The quantitative estimate of drug-likeness (QED) is 0.0247. The number of benzene rings is 8. The number of aliphatic hydroxyl groups is 3. The number of carbonyl (C=O) groups is 3. The molecule has 3 atom stereocenters. The summed E-state index contributed by atoms with van der Waals surface area (Å²) in [5.41, 5.74) is 25.8. The van der Waals surface area contributed by atoms with Gasteiger partial charge in [0, 0.05) is 102 Å². The molecule has 0 bridgehead atoms. The molecule has 12 rings (SSSR count). The van der Waals surface area contributed by atoms with Gasteiger partial charge in [-0.15, -0.1) is 0 Å². The van der Waals surface area contributed by atoms with E-state index in [0.29, 0.717) is 96.8 Å². The molecular formula is C89H92ClN5O8. The van der Waals surface area contributed by atoms with Crippen LogP contribution in [0, 0.1) is 35.5 Å². The third-order valence-corrected chi connectivity index (χ3v) is 19.9. The summed E-state index contributed by atoms with van der Waals surface area (Å²) in [6.45, 7) is 19.5. The van der Waals surface area contributed by atoms with Crippen LogP contribution >= 0.6 is 11.6 Å². The van der Waals surface area contributed by atoms with Gasteiger partial charge in [-0.1, -0.05) is 204 Å². The van der Waals surface area contributed by atoms with Crippen LogP contribution in [0.4, 0.5) is 5.82 Å². The molecular weight excluding hydrogens is 1300 g/mol. The van der Waals surface area contributed by atoms with Crippen LogP contribution in [0.5, 0.6) is 11.5 Å². The van der Waals surface area contributed by atoms with Gasteiger partial charge in [-0.2, -0.15) is 0 Å². The third kappa shape index (κ3) is 19.2. The van der Waals surface area contributed by atoms with Gasteiger partial charge >= 0.3 is 0 Å². The maximum Gasteiger partial charge on any atom is 0.162 e. The maximum atomic E-state index is 12.6. The fraction of sp³-hybridized carbons (Fsp3) is 0.303. The van der Waals surface area contributed by atoms with Gasteiger partial charge in [-0.05, 0) is 170 Å². The van der Waals surface area contributed by atoms with Crippen LogP contribution in [0.2, 0.25) is 5.02 Å². The fourth-order valence-electron chi connectivity index (χ4n) is 13.5. The lowest BCUT2D eigenvalue weighted by atomic mass is 9.98. The number of phenols is 2. The Morgan fingerprint density at radius 2 is 0.767 bits per heavy atom. The number of nitrogen functional groups attached to an aromatic ring is 1. The van der Waals surface area contributed by atoms with Gasteiger partial charge in [-0.3, -0.25) is 14.4 Å². The number of aliphatic hydroxyl groups excluding tert-OH is 3. The Balaban J connectivity index is 0.000000166. The molecule has 0 saturated heterocycles. The van der Waals surface area contributed by atoms with Gasteiger partial charge < -0.3 is 46.0 Å². The number of rotatable bonds is 24. The summed E-state index contributed by atoms with van der Waals surface area (Å²) in [4.78, 5) is 48.5. The van der Waals surface area contributed by atoms with E-state index >= 15 is 0 Å². The van der Waals surface area contributed by atoms with Crippen molar-refractivity contribution >= 4 is 34.8 Å². The third-order valence-electron chi connectivity index (χ3n) is 19.6. The van der Waals surface area contributed by atoms with Crippen molar-refractivity contribution in [1.29, 1.82) is 0 Å². The molecule has 103 heavy (non-hydrogen) atoms. The molecule has 3 aliphatic rings. The van der Waals surface area contributed by atoms with E-state index in [9.17, 15) is 39.9 Å². The van der Waals surface area contributed by atoms with Crippen molar-refractivity contribution in [3.63, 3.8) is 0 Å². The number of nitrogens with two attached hydrogens (primary N) is 1. The zero-order valence-corrected chi connectivity index (χ0v) is 60.6. The highest BCUT2D eigenvalue weighted by molar-refractivity contribution is 6.32. The van der Waals surface area contributed by atoms with E-state index in [2.05, 4.69) is 127 Å². The van der Waals surface area contributed by atoms with Crippen LogP contribution in [0.15, 0.2) is 170 Å². The van der Waals surface area contributed by atoms with Crippen LogP contribution in [0.3, 0.4) is 0 Å². The van der Waals surface area contributed by atoms with E-state index in [-0.39, 0.29) is 28.8 Å². The number of fused-ring (bicyclic) bond motifs is 9. The second-order valence-corrected chi connectivity index (χ2v) is 26.7. The molecule has 8 aromatic carbocycles. The summed E-state index contributed by atoms with van der Waals surface area (Å²) in [6, 6.07) is 51.8. The van der Waals surface area contributed by atoms with E-state index in [0.717, 1.165) is 120 Å².